The van der Waals surface area contributed by atoms with Crippen molar-refractivity contribution in [2.24, 2.45) is 0 Å². The van der Waals surface area contributed by atoms with Gasteiger partial charge < -0.3 is 19.8 Å². The van der Waals surface area contributed by atoms with E-state index in [0.29, 0.717) is 19.2 Å². The van der Waals surface area contributed by atoms with E-state index in [1.165, 1.54) is 0 Å². The van der Waals surface area contributed by atoms with E-state index in [1.807, 2.05) is 37.3 Å². The first-order valence-electron chi connectivity index (χ1n) is 7.01. The number of benzene rings is 2. The zero-order chi connectivity index (χ0) is 15.1. The maximum absolute atomic E-state index is 5.98. The van der Waals surface area contributed by atoms with Crippen LogP contribution >= 0.6 is 11.6 Å². The van der Waals surface area contributed by atoms with Crippen LogP contribution in [0.4, 0.5) is 11.6 Å². The van der Waals surface area contributed by atoms with Gasteiger partial charge in [0, 0.05) is 22.8 Å². The van der Waals surface area contributed by atoms with Gasteiger partial charge in [-0.25, -0.2) is 4.98 Å². The number of hydrogen-bond acceptors (Lipinski definition) is 4. The van der Waals surface area contributed by atoms with Crippen molar-refractivity contribution in [2.75, 3.05) is 18.5 Å². The second-order valence-electron chi connectivity index (χ2n) is 5.18. The molecular formula is C16H14ClN3O2. The number of halogens is 1. The summed E-state index contributed by atoms with van der Waals surface area (Å²) in [7, 11) is 0. The minimum atomic E-state index is 0.567. The van der Waals surface area contributed by atoms with Crippen molar-refractivity contribution in [3.63, 3.8) is 0 Å². The molecule has 1 aromatic heterocycles. The van der Waals surface area contributed by atoms with Crippen LogP contribution in [0.3, 0.4) is 0 Å². The molecule has 22 heavy (non-hydrogen) atoms. The van der Waals surface area contributed by atoms with E-state index in [2.05, 4.69) is 15.3 Å². The van der Waals surface area contributed by atoms with E-state index in [9.17, 15) is 0 Å². The molecule has 0 aliphatic carbocycles. The predicted octanol–water partition coefficient (Wildman–Crippen LogP) is 4.04. The summed E-state index contributed by atoms with van der Waals surface area (Å²) in [6.45, 7) is 3.14. The van der Waals surface area contributed by atoms with Crippen LogP contribution in [0.25, 0.3) is 11.0 Å². The highest BCUT2D eigenvalue weighted by molar-refractivity contribution is 6.30. The van der Waals surface area contributed by atoms with E-state index >= 15 is 0 Å². The van der Waals surface area contributed by atoms with Gasteiger partial charge in [0.15, 0.2) is 11.5 Å². The molecule has 0 spiro atoms. The first-order chi connectivity index (χ1) is 10.7. The smallest absolute Gasteiger partial charge is 0.205 e. The molecule has 0 saturated carbocycles. The summed E-state index contributed by atoms with van der Waals surface area (Å²) < 4.78 is 11.2. The Bertz CT molecular complexity index is 817. The number of aromatic amines is 1. The molecule has 0 bridgehead atoms. The van der Waals surface area contributed by atoms with Crippen LogP contribution < -0.4 is 14.8 Å². The van der Waals surface area contributed by atoms with Crippen molar-refractivity contribution in [1.29, 1.82) is 0 Å². The fraction of sp³-hybridized carbons (Fsp3) is 0.188. The highest BCUT2D eigenvalue weighted by Crippen LogP contribution is 2.34. The molecule has 1 aliphatic heterocycles. The minimum absolute atomic E-state index is 0.567. The molecule has 112 valence electrons. The molecule has 0 radical (unpaired) electrons. The molecule has 0 unspecified atom stereocenters. The maximum Gasteiger partial charge on any atom is 0.205 e. The zero-order valence-electron chi connectivity index (χ0n) is 11.9. The van der Waals surface area contributed by atoms with E-state index in [-0.39, 0.29) is 0 Å². The van der Waals surface area contributed by atoms with Crippen LogP contribution in [0.2, 0.25) is 5.02 Å². The average Bonchev–Trinajstić information content (AvgIpc) is 2.89. The van der Waals surface area contributed by atoms with Crippen LogP contribution in [0.1, 0.15) is 5.56 Å². The highest BCUT2D eigenvalue weighted by atomic mass is 35.5. The first-order valence-corrected chi connectivity index (χ1v) is 7.39. The molecule has 1 aliphatic rings. The molecule has 2 N–H and O–H groups in total. The van der Waals surface area contributed by atoms with Crippen LogP contribution in [0, 0.1) is 6.92 Å². The standard InChI is InChI=1S/C16H14ClN3O2/c1-9-6-10(17)2-3-11(9)18-16-19-12-7-14-15(8-13(12)20-16)22-5-4-21-14/h2-3,6-8H,4-5H2,1H3,(H2,18,19,20). The number of nitrogens with zero attached hydrogens (tertiary/aromatic N) is 1. The summed E-state index contributed by atoms with van der Waals surface area (Å²) in [6.07, 6.45) is 0. The van der Waals surface area contributed by atoms with Crippen molar-refractivity contribution in [2.45, 2.75) is 6.92 Å². The largest absolute Gasteiger partial charge is 0.486 e. The Balaban J connectivity index is 1.70. The van der Waals surface area contributed by atoms with Crippen LogP contribution in [-0.2, 0) is 0 Å². The fourth-order valence-electron chi connectivity index (χ4n) is 2.50. The number of rotatable bonds is 2. The maximum atomic E-state index is 5.98. The molecule has 0 saturated heterocycles. The third-order valence-corrected chi connectivity index (χ3v) is 3.82. The lowest BCUT2D eigenvalue weighted by molar-refractivity contribution is 0.172. The Morgan fingerprint density at radius 3 is 2.68 bits per heavy atom. The minimum Gasteiger partial charge on any atom is -0.486 e. The molecule has 2 aromatic carbocycles. The van der Waals surface area contributed by atoms with Gasteiger partial charge in [-0.15, -0.1) is 0 Å². The highest BCUT2D eigenvalue weighted by Gasteiger charge is 2.15. The molecule has 5 nitrogen and oxygen atoms in total. The second-order valence-corrected chi connectivity index (χ2v) is 5.62. The third kappa shape index (κ3) is 2.33. The van der Waals surface area contributed by atoms with Crippen molar-refractivity contribution < 1.29 is 9.47 Å². The number of ether oxygens (including phenoxy) is 2. The zero-order valence-corrected chi connectivity index (χ0v) is 12.7. The molecule has 3 aromatic rings. The predicted molar refractivity (Wildman–Crippen MR) is 86.6 cm³/mol. The monoisotopic (exact) mass is 315 g/mol. The van der Waals surface area contributed by atoms with Crippen molar-refractivity contribution >= 4 is 34.3 Å². The molecular weight excluding hydrogens is 302 g/mol. The molecule has 2 heterocycles. The van der Waals surface area contributed by atoms with Gasteiger partial charge in [-0.1, -0.05) is 11.6 Å². The van der Waals surface area contributed by atoms with Gasteiger partial charge in [-0.3, -0.25) is 0 Å². The Morgan fingerprint density at radius 1 is 1.14 bits per heavy atom. The van der Waals surface area contributed by atoms with Gasteiger partial charge in [0.2, 0.25) is 5.95 Å². The average molecular weight is 316 g/mol. The summed E-state index contributed by atoms with van der Waals surface area (Å²) in [5.74, 6) is 2.15. The third-order valence-electron chi connectivity index (χ3n) is 3.59. The quantitative estimate of drug-likeness (QED) is 0.749. The van der Waals surface area contributed by atoms with Gasteiger partial charge in [0.05, 0.1) is 11.0 Å². The number of aryl methyl sites for hydroxylation is 1. The van der Waals surface area contributed by atoms with E-state index < -0.39 is 0 Å². The topological polar surface area (TPSA) is 59.2 Å². The Labute approximate surface area is 132 Å². The lowest BCUT2D eigenvalue weighted by atomic mass is 10.2. The Morgan fingerprint density at radius 2 is 1.91 bits per heavy atom. The van der Waals surface area contributed by atoms with Crippen LogP contribution in [-0.4, -0.2) is 23.2 Å². The van der Waals surface area contributed by atoms with Crippen molar-refractivity contribution in [3.05, 3.63) is 40.9 Å². The Hall–Kier alpha value is -2.40. The Kier molecular flexibility index (Phi) is 3.08. The fourth-order valence-corrected chi connectivity index (χ4v) is 2.73. The summed E-state index contributed by atoms with van der Waals surface area (Å²) in [4.78, 5) is 7.79. The summed E-state index contributed by atoms with van der Waals surface area (Å²) in [6, 6.07) is 9.49. The molecule has 6 heteroatoms. The lowest BCUT2D eigenvalue weighted by Crippen LogP contribution is -2.15. The number of nitrogens with one attached hydrogen (secondary N) is 2. The summed E-state index contributed by atoms with van der Waals surface area (Å²) >= 11 is 5.98. The van der Waals surface area contributed by atoms with E-state index in [4.69, 9.17) is 21.1 Å². The summed E-state index contributed by atoms with van der Waals surface area (Å²) in [5, 5.41) is 3.99. The van der Waals surface area contributed by atoms with Crippen molar-refractivity contribution in [1.82, 2.24) is 9.97 Å². The molecule has 0 atom stereocenters. The van der Waals surface area contributed by atoms with Gasteiger partial charge >= 0.3 is 0 Å². The van der Waals surface area contributed by atoms with Crippen LogP contribution in [0.5, 0.6) is 11.5 Å². The van der Waals surface area contributed by atoms with Crippen molar-refractivity contribution in [3.8, 4) is 11.5 Å². The number of H-pyrrole nitrogens is 1. The summed E-state index contributed by atoms with van der Waals surface area (Å²) in [5.41, 5.74) is 3.75. The molecule has 0 fully saturated rings. The van der Waals surface area contributed by atoms with Gasteiger partial charge in [0.1, 0.15) is 13.2 Å². The molecule has 0 amide bonds. The number of imidazole rings is 1. The van der Waals surface area contributed by atoms with Gasteiger partial charge in [-0.2, -0.15) is 0 Å². The number of fused-ring (bicyclic) bond motifs is 2. The number of anilines is 2. The van der Waals surface area contributed by atoms with Gasteiger partial charge in [0.25, 0.3) is 0 Å². The second kappa shape index (κ2) is 5.10. The van der Waals surface area contributed by atoms with E-state index in [1.54, 1.807) is 0 Å². The SMILES string of the molecule is Cc1cc(Cl)ccc1Nc1nc2cc3c(cc2[nH]1)OCCO3. The number of aromatic nitrogens is 2. The number of hydrogen-bond donors (Lipinski definition) is 2. The molecule has 4 rings (SSSR count). The normalized spacial score (nSPS) is 13.4. The van der Waals surface area contributed by atoms with Gasteiger partial charge in [-0.05, 0) is 30.7 Å². The van der Waals surface area contributed by atoms with Crippen LogP contribution in [0.15, 0.2) is 30.3 Å². The van der Waals surface area contributed by atoms with E-state index in [0.717, 1.165) is 38.8 Å². The first kappa shape index (κ1) is 13.3. The lowest BCUT2D eigenvalue weighted by Gasteiger charge is -2.17.